The van der Waals surface area contributed by atoms with Crippen molar-refractivity contribution in [3.8, 4) is 17.0 Å². The number of hydrogen-bond acceptors (Lipinski definition) is 4. The number of allylic oxidation sites excluding steroid dienone is 1. The van der Waals surface area contributed by atoms with Gasteiger partial charge in [0.05, 0.1) is 24.1 Å². The maximum Gasteiger partial charge on any atom is 0.213 e. The Morgan fingerprint density at radius 2 is 2.10 bits per heavy atom. The molecule has 29 heavy (non-hydrogen) atoms. The van der Waals surface area contributed by atoms with E-state index < -0.39 is 11.0 Å². The molecule has 154 valence electrons. The summed E-state index contributed by atoms with van der Waals surface area (Å²) in [6.45, 7) is 2.13. The van der Waals surface area contributed by atoms with Crippen molar-refractivity contribution < 1.29 is 13.3 Å². The summed E-state index contributed by atoms with van der Waals surface area (Å²) in [6, 6.07) is 11.1. The molecule has 1 atom stereocenters. The minimum Gasteiger partial charge on any atom is -0.481 e. The van der Waals surface area contributed by atoms with Gasteiger partial charge in [0.2, 0.25) is 5.88 Å². The van der Waals surface area contributed by atoms with E-state index in [0.717, 1.165) is 22.3 Å². The Hall–Kier alpha value is -2.55. The fourth-order valence-electron chi connectivity index (χ4n) is 3.30. The second-order valence-corrected chi connectivity index (χ2v) is 8.44. The van der Waals surface area contributed by atoms with Crippen LogP contribution in [-0.2, 0) is 17.5 Å². The van der Waals surface area contributed by atoms with Gasteiger partial charge in [0.1, 0.15) is 22.3 Å². The number of benzene rings is 1. The molecule has 0 spiro atoms. The smallest absolute Gasteiger partial charge is 0.213 e. The van der Waals surface area contributed by atoms with Gasteiger partial charge in [-0.15, -0.1) is 0 Å². The van der Waals surface area contributed by atoms with Gasteiger partial charge in [-0.1, -0.05) is 12.1 Å². The fourth-order valence-corrected chi connectivity index (χ4v) is 4.14. The first-order valence-electron chi connectivity index (χ1n) is 9.15. The second kappa shape index (κ2) is 8.86. The van der Waals surface area contributed by atoms with Gasteiger partial charge < -0.3 is 15.0 Å². The normalized spacial score (nSPS) is 13.3. The molecule has 0 saturated carbocycles. The average molecular weight is 417 g/mol. The van der Waals surface area contributed by atoms with E-state index in [9.17, 15) is 8.60 Å². The van der Waals surface area contributed by atoms with Crippen molar-refractivity contribution >= 4 is 22.0 Å². The molecule has 1 unspecified atom stereocenters. The highest BCUT2D eigenvalue weighted by molar-refractivity contribution is 7.82. The summed E-state index contributed by atoms with van der Waals surface area (Å²) in [6.07, 6.45) is 1.36. The maximum atomic E-state index is 14.3. The summed E-state index contributed by atoms with van der Waals surface area (Å²) in [5, 5.41) is 0. The quantitative estimate of drug-likeness (QED) is 0.641. The highest BCUT2D eigenvalue weighted by atomic mass is 32.2. The van der Waals surface area contributed by atoms with Crippen LogP contribution >= 0.6 is 0 Å². The predicted octanol–water partition coefficient (Wildman–Crippen LogP) is 3.42. The molecule has 0 bridgehead atoms. The SMILES string of the molecule is COc1ccc2c(n1)c(-c1cccc(S(=O)N(C)C)c1)c(C)n2C/C(F)=C/CN. The van der Waals surface area contributed by atoms with Gasteiger partial charge in [-0.25, -0.2) is 17.9 Å². The van der Waals surface area contributed by atoms with Gasteiger partial charge in [-0.2, -0.15) is 0 Å². The first-order valence-corrected chi connectivity index (χ1v) is 10.3. The Balaban J connectivity index is 2.24. The molecule has 0 amide bonds. The molecule has 2 aromatic heterocycles. The number of fused-ring (bicyclic) bond motifs is 1. The summed E-state index contributed by atoms with van der Waals surface area (Å²) < 4.78 is 35.6. The standard InChI is InChI=1S/C21H25FN4O2S/c1-14-20(15-6-5-7-17(12-15)29(27)25(2)3)21-18(8-9-19(24-21)28-4)26(14)13-16(22)10-11-23/h5-10,12H,11,13,23H2,1-4H3/b16-10-. The molecule has 6 nitrogen and oxygen atoms in total. The Morgan fingerprint density at radius 3 is 2.76 bits per heavy atom. The van der Waals surface area contributed by atoms with Crippen LogP contribution in [-0.4, -0.2) is 45.8 Å². The van der Waals surface area contributed by atoms with Crippen molar-refractivity contribution in [2.75, 3.05) is 27.7 Å². The summed E-state index contributed by atoms with van der Waals surface area (Å²) in [5.41, 5.74) is 9.52. The van der Waals surface area contributed by atoms with Crippen LogP contribution in [0.2, 0.25) is 0 Å². The lowest BCUT2D eigenvalue weighted by Gasteiger charge is -2.11. The van der Waals surface area contributed by atoms with Crippen molar-refractivity contribution in [1.82, 2.24) is 13.9 Å². The third kappa shape index (κ3) is 4.24. The van der Waals surface area contributed by atoms with Crippen LogP contribution in [0.5, 0.6) is 5.88 Å². The summed E-state index contributed by atoms with van der Waals surface area (Å²) in [5.74, 6) is 0.166. The molecule has 3 aromatic rings. The van der Waals surface area contributed by atoms with E-state index in [1.807, 2.05) is 41.8 Å². The number of nitrogens with zero attached hydrogens (tertiary/aromatic N) is 3. The topological polar surface area (TPSA) is 73.4 Å². The van der Waals surface area contributed by atoms with Crippen molar-refractivity contribution in [3.63, 3.8) is 0 Å². The number of hydrogen-bond donors (Lipinski definition) is 1. The van der Waals surface area contributed by atoms with Crippen molar-refractivity contribution in [2.24, 2.45) is 5.73 Å². The number of nitrogens with two attached hydrogens (primary N) is 1. The molecule has 2 N–H and O–H groups in total. The molecule has 0 aliphatic rings. The number of rotatable bonds is 7. The van der Waals surface area contributed by atoms with Crippen LogP contribution in [0.25, 0.3) is 22.2 Å². The molecule has 0 fully saturated rings. The van der Waals surface area contributed by atoms with Gasteiger partial charge in [-0.3, -0.25) is 0 Å². The lowest BCUT2D eigenvalue weighted by molar-refractivity contribution is 0.399. The monoisotopic (exact) mass is 416 g/mol. The average Bonchev–Trinajstić information content (AvgIpc) is 2.98. The van der Waals surface area contributed by atoms with Crippen LogP contribution in [0.3, 0.4) is 0 Å². The number of pyridine rings is 1. The molecule has 0 aliphatic heterocycles. The molecule has 3 rings (SSSR count). The van der Waals surface area contributed by atoms with E-state index >= 15 is 0 Å². The number of ether oxygens (including phenoxy) is 1. The van der Waals surface area contributed by atoms with E-state index in [-0.39, 0.29) is 18.9 Å². The third-order valence-corrected chi connectivity index (χ3v) is 5.98. The predicted molar refractivity (Wildman–Crippen MR) is 115 cm³/mol. The fraction of sp³-hybridized carbons (Fsp3) is 0.286. The molecule has 8 heteroatoms. The van der Waals surface area contributed by atoms with E-state index in [2.05, 4.69) is 4.98 Å². The third-order valence-electron chi connectivity index (χ3n) is 4.66. The Morgan fingerprint density at radius 1 is 1.34 bits per heavy atom. The Bertz CT molecular complexity index is 1090. The Labute approximate surface area is 172 Å². The minimum atomic E-state index is -1.27. The van der Waals surface area contributed by atoms with Gasteiger partial charge >= 0.3 is 0 Å². The largest absolute Gasteiger partial charge is 0.481 e. The molecular weight excluding hydrogens is 391 g/mol. The lowest BCUT2D eigenvalue weighted by atomic mass is 10.1. The van der Waals surface area contributed by atoms with Crippen molar-refractivity contribution in [2.45, 2.75) is 18.4 Å². The first-order chi connectivity index (χ1) is 13.9. The molecule has 0 saturated heterocycles. The minimum absolute atomic E-state index is 0.0663. The van der Waals surface area contributed by atoms with Crippen molar-refractivity contribution in [1.29, 1.82) is 0 Å². The van der Waals surface area contributed by atoms with E-state index in [1.54, 1.807) is 31.6 Å². The second-order valence-electron chi connectivity index (χ2n) is 6.74. The number of methoxy groups -OCH3 is 1. The van der Waals surface area contributed by atoms with E-state index in [4.69, 9.17) is 10.5 Å². The number of aromatic nitrogens is 2. The van der Waals surface area contributed by atoms with E-state index in [0.29, 0.717) is 16.3 Å². The summed E-state index contributed by atoms with van der Waals surface area (Å²) >= 11 is 0. The highest BCUT2D eigenvalue weighted by Crippen LogP contribution is 2.36. The lowest BCUT2D eigenvalue weighted by Crippen LogP contribution is -2.15. The van der Waals surface area contributed by atoms with Crippen LogP contribution in [0, 0.1) is 6.92 Å². The summed E-state index contributed by atoms with van der Waals surface area (Å²) in [7, 11) is 3.81. The van der Waals surface area contributed by atoms with Crippen molar-refractivity contribution in [3.05, 3.63) is 54.0 Å². The summed E-state index contributed by atoms with van der Waals surface area (Å²) in [4.78, 5) is 5.30. The van der Waals surface area contributed by atoms with Gasteiger partial charge in [0.15, 0.2) is 0 Å². The van der Waals surface area contributed by atoms with Gasteiger partial charge in [0.25, 0.3) is 0 Å². The van der Waals surface area contributed by atoms with Crippen LogP contribution in [0.15, 0.2) is 53.2 Å². The zero-order valence-electron chi connectivity index (χ0n) is 17.0. The molecule has 0 radical (unpaired) electrons. The highest BCUT2D eigenvalue weighted by Gasteiger charge is 2.19. The molecular formula is C21H25FN4O2S. The van der Waals surface area contributed by atoms with E-state index in [1.165, 1.54) is 6.08 Å². The Kier molecular flexibility index (Phi) is 6.46. The molecule has 0 aliphatic carbocycles. The zero-order valence-corrected chi connectivity index (χ0v) is 17.8. The number of halogens is 1. The zero-order chi connectivity index (χ0) is 21.1. The molecule has 1 aromatic carbocycles. The van der Waals surface area contributed by atoms with Gasteiger partial charge in [-0.05, 0) is 50.9 Å². The first kappa shape index (κ1) is 21.2. The molecule has 2 heterocycles. The van der Waals surface area contributed by atoms with Crippen LogP contribution in [0.1, 0.15) is 5.69 Å². The maximum absolute atomic E-state index is 14.3. The van der Waals surface area contributed by atoms with Crippen LogP contribution in [0.4, 0.5) is 4.39 Å². The van der Waals surface area contributed by atoms with Gasteiger partial charge in [0, 0.05) is 23.9 Å². The van der Waals surface area contributed by atoms with Crippen LogP contribution < -0.4 is 10.5 Å².